The molecule has 1 saturated carbocycles. The number of ether oxygens (including phenoxy) is 1. The van der Waals surface area contributed by atoms with E-state index in [1.54, 1.807) is 6.20 Å². The second-order valence-corrected chi connectivity index (χ2v) is 7.19. The van der Waals surface area contributed by atoms with Gasteiger partial charge in [-0.3, -0.25) is 0 Å². The van der Waals surface area contributed by atoms with Crippen molar-refractivity contribution in [2.24, 2.45) is 0 Å². The maximum Gasteiger partial charge on any atom is 0.409 e. The van der Waals surface area contributed by atoms with Crippen LogP contribution in [0.2, 0.25) is 0 Å². The third kappa shape index (κ3) is 3.59. The molecule has 2 fully saturated rings. The maximum absolute atomic E-state index is 12.0. The molecule has 26 heavy (non-hydrogen) atoms. The van der Waals surface area contributed by atoms with Gasteiger partial charge in [-0.05, 0) is 32.1 Å². The summed E-state index contributed by atoms with van der Waals surface area (Å²) in [6.07, 6.45) is 10.4. The molecule has 3 heterocycles. The largest absolute Gasteiger partial charge is 0.449 e. The molecular weight excluding hydrogens is 332 g/mol. The van der Waals surface area contributed by atoms with Gasteiger partial charge in [0.25, 0.3) is 0 Å². The van der Waals surface area contributed by atoms with Gasteiger partial charge in [-0.25, -0.2) is 9.78 Å². The van der Waals surface area contributed by atoms with Crippen LogP contribution in [0.5, 0.6) is 0 Å². The first-order valence-corrected chi connectivity index (χ1v) is 9.57. The van der Waals surface area contributed by atoms with Crippen molar-refractivity contribution in [1.82, 2.24) is 29.2 Å². The van der Waals surface area contributed by atoms with E-state index < -0.39 is 0 Å². The van der Waals surface area contributed by atoms with E-state index in [1.165, 1.54) is 12.8 Å². The van der Waals surface area contributed by atoms with E-state index in [0.717, 1.165) is 44.0 Å². The number of aromatic nitrogens is 5. The number of amides is 1. The molecule has 2 aromatic rings. The van der Waals surface area contributed by atoms with Crippen molar-refractivity contribution in [3.63, 3.8) is 0 Å². The fourth-order valence-corrected chi connectivity index (χ4v) is 3.60. The number of nitrogens with zero attached hydrogens (tertiary/aromatic N) is 6. The van der Waals surface area contributed by atoms with Crippen molar-refractivity contribution in [2.75, 3.05) is 19.7 Å². The SMILES string of the molecule is CCCOC(=O)N1CCC(c2nnc(Cn3ccnc3)n2C2CC2)CC1. The van der Waals surface area contributed by atoms with Crippen LogP contribution < -0.4 is 0 Å². The van der Waals surface area contributed by atoms with Gasteiger partial charge < -0.3 is 18.8 Å². The van der Waals surface area contributed by atoms with Crippen molar-refractivity contribution in [2.45, 2.75) is 57.5 Å². The van der Waals surface area contributed by atoms with E-state index >= 15 is 0 Å². The smallest absolute Gasteiger partial charge is 0.409 e. The Balaban J connectivity index is 1.44. The topological polar surface area (TPSA) is 78.1 Å². The molecule has 1 aliphatic carbocycles. The van der Waals surface area contributed by atoms with E-state index in [2.05, 4.69) is 19.7 Å². The highest BCUT2D eigenvalue weighted by molar-refractivity contribution is 5.67. The van der Waals surface area contributed by atoms with Crippen LogP contribution >= 0.6 is 0 Å². The first-order valence-electron chi connectivity index (χ1n) is 9.57. The molecule has 2 aliphatic rings. The summed E-state index contributed by atoms with van der Waals surface area (Å²) in [4.78, 5) is 18.0. The Kier molecular flexibility index (Phi) is 4.90. The fraction of sp³-hybridized carbons (Fsp3) is 0.667. The number of rotatable bonds is 6. The molecule has 0 unspecified atom stereocenters. The van der Waals surface area contributed by atoms with Gasteiger partial charge >= 0.3 is 6.09 Å². The molecule has 0 N–H and O–H groups in total. The Labute approximate surface area is 153 Å². The highest BCUT2D eigenvalue weighted by Gasteiger charge is 2.34. The normalized spacial score (nSPS) is 18.3. The summed E-state index contributed by atoms with van der Waals surface area (Å²) in [6.45, 7) is 4.65. The number of likely N-dealkylation sites (tertiary alicyclic amines) is 1. The van der Waals surface area contributed by atoms with Crippen molar-refractivity contribution < 1.29 is 9.53 Å². The molecule has 4 rings (SSSR count). The van der Waals surface area contributed by atoms with Gasteiger partial charge in [-0.15, -0.1) is 10.2 Å². The minimum Gasteiger partial charge on any atom is -0.449 e. The Hall–Kier alpha value is -2.38. The van der Waals surface area contributed by atoms with Gasteiger partial charge in [0.05, 0.1) is 19.5 Å². The number of carbonyl (C=O) groups is 1. The molecule has 1 amide bonds. The number of hydrogen-bond acceptors (Lipinski definition) is 5. The zero-order chi connectivity index (χ0) is 17.9. The quantitative estimate of drug-likeness (QED) is 0.793. The second-order valence-electron chi connectivity index (χ2n) is 7.19. The molecule has 8 heteroatoms. The molecule has 140 valence electrons. The van der Waals surface area contributed by atoms with Gasteiger partial charge in [0, 0.05) is 37.4 Å². The van der Waals surface area contributed by atoms with E-state index in [9.17, 15) is 4.79 Å². The van der Waals surface area contributed by atoms with Gasteiger partial charge in [0.2, 0.25) is 0 Å². The lowest BCUT2D eigenvalue weighted by Gasteiger charge is -2.31. The highest BCUT2D eigenvalue weighted by atomic mass is 16.6. The summed E-state index contributed by atoms with van der Waals surface area (Å²) in [7, 11) is 0. The zero-order valence-electron chi connectivity index (χ0n) is 15.3. The molecule has 1 saturated heterocycles. The lowest BCUT2D eigenvalue weighted by atomic mass is 9.96. The molecular formula is C18H26N6O2. The lowest BCUT2D eigenvalue weighted by Crippen LogP contribution is -2.38. The third-order valence-corrected chi connectivity index (χ3v) is 5.14. The van der Waals surface area contributed by atoms with Gasteiger partial charge in [-0.2, -0.15) is 0 Å². The fourth-order valence-electron chi connectivity index (χ4n) is 3.60. The maximum atomic E-state index is 12.0. The molecule has 0 aromatic carbocycles. The van der Waals surface area contributed by atoms with E-state index in [-0.39, 0.29) is 6.09 Å². The second kappa shape index (κ2) is 7.47. The van der Waals surface area contributed by atoms with Gasteiger partial charge in [-0.1, -0.05) is 6.92 Å². The molecule has 0 atom stereocenters. The Bertz CT molecular complexity index is 729. The van der Waals surface area contributed by atoms with E-state index in [0.29, 0.717) is 25.1 Å². The van der Waals surface area contributed by atoms with E-state index in [1.807, 2.05) is 28.9 Å². The average Bonchev–Trinajstić information content (AvgIpc) is 3.21. The molecule has 2 aromatic heterocycles. The van der Waals surface area contributed by atoms with Crippen molar-refractivity contribution in [1.29, 1.82) is 0 Å². The van der Waals surface area contributed by atoms with Gasteiger partial charge in [0.1, 0.15) is 5.82 Å². The Morgan fingerprint density at radius 1 is 1.23 bits per heavy atom. The van der Waals surface area contributed by atoms with Crippen LogP contribution in [0.3, 0.4) is 0 Å². The van der Waals surface area contributed by atoms with Crippen molar-refractivity contribution >= 4 is 6.09 Å². The first-order chi connectivity index (χ1) is 12.8. The molecule has 1 aliphatic heterocycles. The van der Waals surface area contributed by atoms with Crippen LogP contribution in [0.25, 0.3) is 0 Å². The average molecular weight is 358 g/mol. The third-order valence-electron chi connectivity index (χ3n) is 5.14. The summed E-state index contributed by atoms with van der Waals surface area (Å²) < 4.78 is 9.62. The molecule has 0 bridgehead atoms. The zero-order valence-corrected chi connectivity index (χ0v) is 15.3. The Morgan fingerprint density at radius 2 is 2.04 bits per heavy atom. The van der Waals surface area contributed by atoms with Crippen LogP contribution in [0, 0.1) is 0 Å². The van der Waals surface area contributed by atoms with Gasteiger partial charge in [0.15, 0.2) is 5.82 Å². The molecule has 0 spiro atoms. The number of carbonyl (C=O) groups excluding carboxylic acids is 1. The minimum absolute atomic E-state index is 0.185. The Morgan fingerprint density at radius 3 is 2.69 bits per heavy atom. The standard InChI is InChI=1S/C18H26N6O2/c1-2-11-26-18(25)23-8-5-14(6-9-23)17-21-20-16(24(17)15-3-4-15)12-22-10-7-19-13-22/h7,10,13-15H,2-6,8-9,11-12H2,1H3. The summed E-state index contributed by atoms with van der Waals surface area (Å²) in [5.41, 5.74) is 0. The van der Waals surface area contributed by atoms with E-state index in [4.69, 9.17) is 4.74 Å². The van der Waals surface area contributed by atoms with Crippen LogP contribution in [-0.2, 0) is 11.3 Å². The number of imidazole rings is 1. The predicted molar refractivity (Wildman–Crippen MR) is 94.8 cm³/mol. The molecule has 8 nitrogen and oxygen atoms in total. The highest BCUT2D eigenvalue weighted by Crippen LogP contribution is 2.40. The van der Waals surface area contributed by atoms with Crippen molar-refractivity contribution in [3.05, 3.63) is 30.4 Å². The molecule has 0 radical (unpaired) electrons. The van der Waals surface area contributed by atoms with Crippen LogP contribution in [0.15, 0.2) is 18.7 Å². The number of hydrogen-bond donors (Lipinski definition) is 0. The van der Waals surface area contributed by atoms with Crippen molar-refractivity contribution in [3.8, 4) is 0 Å². The summed E-state index contributed by atoms with van der Waals surface area (Å²) >= 11 is 0. The minimum atomic E-state index is -0.185. The lowest BCUT2D eigenvalue weighted by molar-refractivity contribution is 0.0921. The summed E-state index contributed by atoms with van der Waals surface area (Å²) in [5.74, 6) is 2.45. The monoisotopic (exact) mass is 358 g/mol. The number of piperidine rings is 1. The predicted octanol–water partition coefficient (Wildman–Crippen LogP) is 2.58. The van der Waals surface area contributed by atoms with Crippen LogP contribution in [0.4, 0.5) is 4.79 Å². The summed E-state index contributed by atoms with van der Waals surface area (Å²) in [5, 5.41) is 9.03. The van der Waals surface area contributed by atoms with Crippen LogP contribution in [0.1, 0.15) is 62.6 Å². The first kappa shape index (κ1) is 17.1. The van der Waals surface area contributed by atoms with Crippen LogP contribution in [-0.4, -0.2) is 55.0 Å². The summed E-state index contributed by atoms with van der Waals surface area (Å²) in [6, 6.07) is 0.533.